The summed E-state index contributed by atoms with van der Waals surface area (Å²) in [5, 5.41) is 11.6. The summed E-state index contributed by atoms with van der Waals surface area (Å²) in [5.74, 6) is 0. The van der Waals surface area contributed by atoms with Crippen molar-refractivity contribution in [3.63, 3.8) is 0 Å². The van der Waals surface area contributed by atoms with E-state index in [1.807, 2.05) is 25.1 Å². The zero-order valence-electron chi connectivity index (χ0n) is 13.6. The van der Waals surface area contributed by atoms with Gasteiger partial charge < -0.3 is 5.11 Å². The second-order valence-corrected chi connectivity index (χ2v) is 6.36. The molecule has 0 heterocycles. The molecule has 0 aromatic heterocycles. The average molecular weight is 303 g/mol. The molecule has 2 aromatic rings. The molecular formula is C19H23ClO. The van der Waals surface area contributed by atoms with E-state index in [4.69, 9.17) is 11.6 Å². The van der Waals surface area contributed by atoms with Gasteiger partial charge in [0, 0.05) is 5.02 Å². The summed E-state index contributed by atoms with van der Waals surface area (Å²) in [6.07, 6.45) is -0.612. The molecule has 2 heteroatoms. The molecule has 2 aromatic carbocycles. The Morgan fingerprint density at radius 2 is 1.29 bits per heavy atom. The Kier molecular flexibility index (Phi) is 4.46. The largest absolute Gasteiger partial charge is 0.384 e. The van der Waals surface area contributed by atoms with Crippen LogP contribution in [0.25, 0.3) is 0 Å². The van der Waals surface area contributed by atoms with Crippen LogP contribution in [-0.4, -0.2) is 5.11 Å². The molecule has 0 aliphatic rings. The normalized spacial score (nSPS) is 12.6. The first-order chi connectivity index (χ1) is 9.75. The first-order valence-electron chi connectivity index (χ1n) is 7.26. The van der Waals surface area contributed by atoms with Gasteiger partial charge in [0.15, 0.2) is 0 Å². The van der Waals surface area contributed by atoms with Gasteiger partial charge in [0.05, 0.1) is 0 Å². The van der Waals surface area contributed by atoms with E-state index in [1.54, 1.807) is 0 Å². The molecule has 0 aliphatic heterocycles. The van der Waals surface area contributed by atoms with Gasteiger partial charge in [0.2, 0.25) is 0 Å². The highest BCUT2D eigenvalue weighted by Crippen LogP contribution is 2.34. The minimum absolute atomic E-state index is 0.612. The monoisotopic (exact) mass is 302 g/mol. The van der Waals surface area contributed by atoms with Gasteiger partial charge in [-0.05, 0) is 92.1 Å². The number of halogens is 1. The summed E-state index contributed by atoms with van der Waals surface area (Å²) in [5.41, 5.74) is 9.10. The molecule has 1 nitrogen and oxygen atoms in total. The van der Waals surface area contributed by atoms with E-state index in [1.165, 1.54) is 27.8 Å². The van der Waals surface area contributed by atoms with E-state index in [9.17, 15) is 5.11 Å². The summed E-state index contributed by atoms with van der Waals surface area (Å²) < 4.78 is 0. The molecule has 1 N–H and O–H groups in total. The third-order valence-corrected chi connectivity index (χ3v) is 5.25. The second kappa shape index (κ2) is 5.82. The topological polar surface area (TPSA) is 20.2 Å². The molecule has 0 saturated heterocycles. The van der Waals surface area contributed by atoms with Gasteiger partial charge in [0.1, 0.15) is 6.10 Å². The van der Waals surface area contributed by atoms with Crippen molar-refractivity contribution < 1.29 is 5.11 Å². The zero-order chi connectivity index (χ0) is 15.9. The predicted octanol–water partition coefficient (Wildman–Crippen LogP) is 5.27. The molecule has 112 valence electrons. The maximum absolute atomic E-state index is 10.9. The van der Waals surface area contributed by atoms with Crippen LogP contribution in [0.2, 0.25) is 5.02 Å². The fraction of sp³-hybridized carbons (Fsp3) is 0.368. The SMILES string of the molecule is Cc1cc(C(O)c2c(C)c(C)c(C)c(C)c2C)ccc1Cl. The minimum Gasteiger partial charge on any atom is -0.384 e. The van der Waals surface area contributed by atoms with Gasteiger partial charge in [-0.3, -0.25) is 0 Å². The number of aliphatic hydroxyl groups is 1. The number of rotatable bonds is 2. The van der Waals surface area contributed by atoms with E-state index >= 15 is 0 Å². The molecule has 0 saturated carbocycles. The maximum atomic E-state index is 10.9. The predicted molar refractivity (Wildman–Crippen MR) is 90.4 cm³/mol. The van der Waals surface area contributed by atoms with Crippen LogP contribution < -0.4 is 0 Å². The lowest BCUT2D eigenvalue weighted by molar-refractivity contribution is 0.218. The Morgan fingerprint density at radius 3 is 1.76 bits per heavy atom. The number of hydrogen-bond acceptors (Lipinski definition) is 1. The molecule has 0 radical (unpaired) electrons. The van der Waals surface area contributed by atoms with Gasteiger partial charge >= 0.3 is 0 Å². The van der Waals surface area contributed by atoms with Crippen LogP contribution >= 0.6 is 11.6 Å². The fourth-order valence-electron chi connectivity index (χ4n) is 2.94. The highest BCUT2D eigenvalue weighted by atomic mass is 35.5. The Labute approximate surface area is 132 Å². The van der Waals surface area contributed by atoms with Gasteiger partial charge in [-0.25, -0.2) is 0 Å². The molecule has 0 amide bonds. The van der Waals surface area contributed by atoms with E-state index < -0.39 is 6.10 Å². The summed E-state index contributed by atoms with van der Waals surface area (Å²) in [4.78, 5) is 0. The molecule has 0 spiro atoms. The van der Waals surface area contributed by atoms with Crippen molar-refractivity contribution in [2.45, 2.75) is 47.6 Å². The molecule has 1 unspecified atom stereocenters. The quantitative estimate of drug-likeness (QED) is 0.801. The number of aliphatic hydroxyl groups excluding tert-OH is 1. The summed E-state index contributed by atoms with van der Waals surface area (Å²) in [7, 11) is 0. The lowest BCUT2D eigenvalue weighted by Crippen LogP contribution is -2.09. The molecular weight excluding hydrogens is 280 g/mol. The van der Waals surface area contributed by atoms with Gasteiger partial charge in [0.25, 0.3) is 0 Å². The van der Waals surface area contributed by atoms with Crippen molar-refractivity contribution >= 4 is 11.6 Å². The summed E-state index contributed by atoms with van der Waals surface area (Å²) in [6.45, 7) is 12.5. The van der Waals surface area contributed by atoms with Crippen molar-refractivity contribution in [2.75, 3.05) is 0 Å². The third-order valence-electron chi connectivity index (χ3n) is 4.83. The first-order valence-corrected chi connectivity index (χ1v) is 7.64. The molecule has 1 atom stereocenters. The van der Waals surface area contributed by atoms with E-state index in [2.05, 4.69) is 34.6 Å². The Hall–Kier alpha value is -1.31. The van der Waals surface area contributed by atoms with E-state index in [-0.39, 0.29) is 0 Å². The number of aryl methyl sites for hydroxylation is 1. The van der Waals surface area contributed by atoms with Crippen LogP contribution in [0.3, 0.4) is 0 Å². The fourth-order valence-corrected chi connectivity index (χ4v) is 3.06. The van der Waals surface area contributed by atoms with Crippen molar-refractivity contribution in [3.05, 3.63) is 67.7 Å². The van der Waals surface area contributed by atoms with Gasteiger partial charge in [-0.1, -0.05) is 23.7 Å². The lowest BCUT2D eigenvalue weighted by atomic mass is 9.85. The zero-order valence-corrected chi connectivity index (χ0v) is 14.4. The Balaban J connectivity index is 2.63. The average Bonchev–Trinajstić information content (AvgIpc) is 2.46. The third kappa shape index (κ3) is 2.73. The highest BCUT2D eigenvalue weighted by Gasteiger charge is 2.20. The van der Waals surface area contributed by atoms with Crippen molar-refractivity contribution in [3.8, 4) is 0 Å². The van der Waals surface area contributed by atoms with Crippen LogP contribution in [0.15, 0.2) is 18.2 Å². The molecule has 21 heavy (non-hydrogen) atoms. The van der Waals surface area contributed by atoms with Crippen LogP contribution in [-0.2, 0) is 0 Å². The standard InChI is InChI=1S/C19H23ClO/c1-10-9-16(7-8-17(10)20)19(21)18-14(5)12(3)11(2)13(4)15(18)6/h7-9,19,21H,1-6H3. The number of benzene rings is 2. The Bertz CT molecular complexity index is 672. The summed E-state index contributed by atoms with van der Waals surface area (Å²) in [6, 6.07) is 5.73. The number of hydrogen-bond donors (Lipinski definition) is 1. The molecule has 0 fully saturated rings. The van der Waals surface area contributed by atoms with Crippen molar-refractivity contribution in [2.24, 2.45) is 0 Å². The van der Waals surface area contributed by atoms with Gasteiger partial charge in [-0.15, -0.1) is 0 Å². The van der Waals surface area contributed by atoms with Crippen molar-refractivity contribution in [1.29, 1.82) is 0 Å². The summed E-state index contributed by atoms with van der Waals surface area (Å²) >= 11 is 6.08. The molecule has 0 aliphatic carbocycles. The molecule has 0 bridgehead atoms. The second-order valence-electron chi connectivity index (χ2n) is 5.95. The van der Waals surface area contributed by atoms with Crippen LogP contribution in [0, 0.1) is 41.5 Å². The van der Waals surface area contributed by atoms with Crippen LogP contribution in [0.4, 0.5) is 0 Å². The van der Waals surface area contributed by atoms with Crippen LogP contribution in [0.5, 0.6) is 0 Å². The molecule has 2 rings (SSSR count). The lowest BCUT2D eigenvalue weighted by Gasteiger charge is -2.23. The van der Waals surface area contributed by atoms with Crippen molar-refractivity contribution in [1.82, 2.24) is 0 Å². The van der Waals surface area contributed by atoms with E-state index in [0.717, 1.165) is 21.7 Å². The van der Waals surface area contributed by atoms with Gasteiger partial charge in [-0.2, -0.15) is 0 Å². The van der Waals surface area contributed by atoms with Crippen LogP contribution in [0.1, 0.15) is 50.6 Å². The Morgan fingerprint density at radius 1 is 0.810 bits per heavy atom. The van der Waals surface area contributed by atoms with E-state index in [0.29, 0.717) is 0 Å². The first kappa shape index (κ1) is 16.1. The smallest absolute Gasteiger partial charge is 0.105 e. The minimum atomic E-state index is -0.612. The maximum Gasteiger partial charge on any atom is 0.105 e. The highest BCUT2D eigenvalue weighted by molar-refractivity contribution is 6.31.